The van der Waals surface area contributed by atoms with Crippen LogP contribution in [0.3, 0.4) is 0 Å². The standard InChI is InChI=1S/C7H13O2Si/c1-6(2)7(8)9-5-10(3)4/h1,5H2,2-4H3. The first-order chi connectivity index (χ1) is 4.54. The first-order valence-corrected chi connectivity index (χ1v) is 5.86. The van der Waals surface area contributed by atoms with Crippen LogP contribution in [0.2, 0.25) is 13.1 Å². The lowest BCUT2D eigenvalue weighted by Crippen LogP contribution is -2.16. The quantitative estimate of drug-likeness (QED) is 0.351. The maximum atomic E-state index is 10.7. The molecule has 1 radical (unpaired) electrons. The largest absolute Gasteiger partial charge is 0.466 e. The van der Waals surface area contributed by atoms with Crippen LogP contribution in [0.5, 0.6) is 0 Å². The van der Waals surface area contributed by atoms with Gasteiger partial charge in [0.1, 0.15) is 0 Å². The van der Waals surface area contributed by atoms with Crippen molar-refractivity contribution >= 4 is 14.8 Å². The van der Waals surface area contributed by atoms with Crippen molar-refractivity contribution in [2.45, 2.75) is 20.0 Å². The highest BCUT2D eigenvalue weighted by atomic mass is 28.3. The van der Waals surface area contributed by atoms with E-state index in [-0.39, 0.29) is 5.97 Å². The summed E-state index contributed by atoms with van der Waals surface area (Å²) in [4.78, 5) is 10.7. The van der Waals surface area contributed by atoms with E-state index in [0.29, 0.717) is 11.8 Å². The summed E-state index contributed by atoms with van der Waals surface area (Å²) in [5.74, 6) is -0.272. The molecule has 0 N–H and O–H groups in total. The summed E-state index contributed by atoms with van der Waals surface area (Å²) in [7, 11) is -0.447. The highest BCUT2D eigenvalue weighted by molar-refractivity contribution is 6.55. The molecule has 0 saturated carbocycles. The maximum absolute atomic E-state index is 10.7. The van der Waals surface area contributed by atoms with Crippen molar-refractivity contribution in [3.05, 3.63) is 12.2 Å². The molecule has 0 aromatic carbocycles. The lowest BCUT2D eigenvalue weighted by molar-refractivity contribution is -0.137. The van der Waals surface area contributed by atoms with Gasteiger partial charge in [0.05, 0.1) is 15.0 Å². The summed E-state index contributed by atoms with van der Waals surface area (Å²) in [5.41, 5.74) is 0.475. The Balaban J connectivity index is 3.50. The van der Waals surface area contributed by atoms with Crippen LogP contribution in [0.1, 0.15) is 6.92 Å². The summed E-state index contributed by atoms with van der Waals surface area (Å²) >= 11 is 0. The van der Waals surface area contributed by atoms with Crippen LogP contribution in [0.15, 0.2) is 12.2 Å². The Morgan fingerprint density at radius 2 is 2.10 bits per heavy atom. The van der Waals surface area contributed by atoms with Crippen LogP contribution >= 0.6 is 0 Å². The van der Waals surface area contributed by atoms with Crippen LogP contribution in [0, 0.1) is 0 Å². The second kappa shape index (κ2) is 4.28. The van der Waals surface area contributed by atoms with Gasteiger partial charge in [-0.1, -0.05) is 19.7 Å². The molecule has 0 fully saturated rings. The molecular formula is C7H13O2Si. The van der Waals surface area contributed by atoms with Crippen molar-refractivity contribution < 1.29 is 9.53 Å². The van der Waals surface area contributed by atoms with Gasteiger partial charge in [-0.05, 0) is 6.92 Å². The highest BCUT2D eigenvalue weighted by Crippen LogP contribution is 1.92. The van der Waals surface area contributed by atoms with Gasteiger partial charge in [0.25, 0.3) is 0 Å². The molecule has 2 nitrogen and oxygen atoms in total. The molecule has 0 aromatic rings. The van der Waals surface area contributed by atoms with E-state index in [1.54, 1.807) is 6.92 Å². The summed E-state index contributed by atoms with van der Waals surface area (Å²) in [6, 6.07) is 0. The Bertz CT molecular complexity index is 141. The third kappa shape index (κ3) is 4.32. The molecule has 57 valence electrons. The van der Waals surface area contributed by atoms with Crippen molar-refractivity contribution in [2.24, 2.45) is 0 Å². The smallest absolute Gasteiger partial charge is 0.332 e. The first-order valence-electron chi connectivity index (χ1n) is 3.15. The van der Waals surface area contributed by atoms with Gasteiger partial charge < -0.3 is 4.74 Å². The summed E-state index contributed by atoms with van der Waals surface area (Å²) in [6.45, 7) is 9.31. The van der Waals surface area contributed by atoms with Gasteiger partial charge in [0, 0.05) is 5.57 Å². The molecular weight excluding hydrogens is 144 g/mol. The van der Waals surface area contributed by atoms with Gasteiger partial charge >= 0.3 is 5.97 Å². The zero-order chi connectivity index (χ0) is 8.15. The second-order valence-corrected chi connectivity index (χ2v) is 5.27. The third-order valence-electron chi connectivity index (χ3n) is 0.840. The minimum Gasteiger partial charge on any atom is -0.466 e. The van der Waals surface area contributed by atoms with E-state index in [1.165, 1.54) is 0 Å². The van der Waals surface area contributed by atoms with Crippen molar-refractivity contribution in [3.8, 4) is 0 Å². The molecule has 0 aliphatic rings. The molecule has 0 aliphatic heterocycles. The second-order valence-electron chi connectivity index (χ2n) is 2.56. The Hall–Kier alpha value is -0.573. The van der Waals surface area contributed by atoms with Crippen LogP contribution in [-0.2, 0) is 9.53 Å². The topological polar surface area (TPSA) is 26.3 Å². The van der Waals surface area contributed by atoms with Crippen LogP contribution in [0.25, 0.3) is 0 Å². The summed E-state index contributed by atoms with van der Waals surface area (Å²) < 4.78 is 4.87. The molecule has 0 unspecified atom stereocenters. The zero-order valence-corrected chi connectivity index (χ0v) is 7.73. The maximum Gasteiger partial charge on any atom is 0.332 e. The Morgan fingerprint density at radius 3 is 2.40 bits per heavy atom. The highest BCUT2D eigenvalue weighted by Gasteiger charge is 2.04. The number of carbonyl (C=O) groups is 1. The van der Waals surface area contributed by atoms with Gasteiger partial charge in [-0.3, -0.25) is 0 Å². The number of ether oxygens (including phenoxy) is 1. The van der Waals surface area contributed by atoms with Crippen LogP contribution in [-0.4, -0.2) is 21.0 Å². The average Bonchev–Trinajstić information content (AvgIpc) is 1.82. The van der Waals surface area contributed by atoms with E-state index in [0.717, 1.165) is 0 Å². The third-order valence-corrected chi connectivity index (χ3v) is 1.56. The molecule has 0 aliphatic carbocycles. The zero-order valence-electron chi connectivity index (χ0n) is 6.73. The monoisotopic (exact) mass is 157 g/mol. The molecule has 0 saturated heterocycles. The van der Waals surface area contributed by atoms with Gasteiger partial charge in [0.15, 0.2) is 0 Å². The molecule has 10 heavy (non-hydrogen) atoms. The fraction of sp³-hybridized carbons (Fsp3) is 0.571. The van der Waals surface area contributed by atoms with E-state index in [2.05, 4.69) is 19.7 Å². The molecule has 0 rings (SSSR count). The molecule has 0 heterocycles. The number of rotatable bonds is 3. The van der Waals surface area contributed by atoms with Crippen LogP contribution < -0.4 is 0 Å². The Morgan fingerprint density at radius 1 is 1.60 bits per heavy atom. The lowest BCUT2D eigenvalue weighted by atomic mass is 10.4. The molecule has 0 amide bonds. The first kappa shape index (κ1) is 9.43. The van der Waals surface area contributed by atoms with E-state index >= 15 is 0 Å². The molecule has 0 bridgehead atoms. The van der Waals surface area contributed by atoms with Gasteiger partial charge in [-0.15, -0.1) is 0 Å². The molecule has 3 heteroatoms. The number of hydrogen-bond donors (Lipinski definition) is 0. The SMILES string of the molecule is C=C(C)C(=O)OC[Si](C)C. The Kier molecular flexibility index (Phi) is 4.03. The number of esters is 1. The average molecular weight is 157 g/mol. The minimum absolute atomic E-state index is 0.272. The fourth-order valence-corrected chi connectivity index (χ4v) is 0.753. The van der Waals surface area contributed by atoms with E-state index in [1.807, 2.05) is 0 Å². The van der Waals surface area contributed by atoms with Crippen molar-refractivity contribution in [2.75, 3.05) is 6.23 Å². The summed E-state index contributed by atoms with van der Waals surface area (Å²) in [5, 5.41) is 0. The van der Waals surface area contributed by atoms with Gasteiger partial charge in [-0.2, -0.15) is 0 Å². The van der Waals surface area contributed by atoms with E-state index in [9.17, 15) is 4.79 Å². The minimum atomic E-state index is -0.447. The molecule has 0 atom stereocenters. The van der Waals surface area contributed by atoms with E-state index in [4.69, 9.17) is 4.74 Å². The Labute approximate surface area is 63.5 Å². The van der Waals surface area contributed by atoms with Gasteiger partial charge in [0.2, 0.25) is 0 Å². The predicted octanol–water partition coefficient (Wildman–Crippen LogP) is 1.40. The van der Waals surface area contributed by atoms with Crippen molar-refractivity contribution in [3.63, 3.8) is 0 Å². The fourth-order valence-electron chi connectivity index (χ4n) is 0.333. The predicted molar refractivity (Wildman–Crippen MR) is 43.3 cm³/mol. The van der Waals surface area contributed by atoms with Crippen molar-refractivity contribution in [1.82, 2.24) is 0 Å². The van der Waals surface area contributed by atoms with Gasteiger partial charge in [-0.25, -0.2) is 4.79 Å². The normalized spacial score (nSPS) is 9.60. The number of hydrogen-bond acceptors (Lipinski definition) is 2. The number of carbonyl (C=O) groups excluding carboxylic acids is 1. The molecule has 0 aromatic heterocycles. The summed E-state index contributed by atoms with van der Waals surface area (Å²) in [6.07, 6.45) is 0.580. The lowest BCUT2D eigenvalue weighted by Gasteiger charge is -2.04. The molecule has 0 spiro atoms. The van der Waals surface area contributed by atoms with Crippen molar-refractivity contribution in [1.29, 1.82) is 0 Å². The van der Waals surface area contributed by atoms with E-state index < -0.39 is 8.80 Å². The van der Waals surface area contributed by atoms with Crippen LogP contribution in [0.4, 0.5) is 0 Å².